The molecule has 1 N–H and O–H groups in total. The zero-order chi connectivity index (χ0) is 15.1. The Hall–Kier alpha value is -1.06. The second-order valence-electron chi connectivity index (χ2n) is 6.40. The molecule has 2 rings (SSSR count). The summed E-state index contributed by atoms with van der Waals surface area (Å²) < 4.78 is 5.91. The molecule has 0 amide bonds. The van der Waals surface area contributed by atoms with Gasteiger partial charge in [0, 0.05) is 25.7 Å². The normalized spacial score (nSPS) is 19.3. The Morgan fingerprint density at radius 1 is 1.38 bits per heavy atom. The molecule has 3 nitrogen and oxygen atoms in total. The lowest BCUT2D eigenvalue weighted by molar-refractivity contribution is 0.232. The van der Waals surface area contributed by atoms with E-state index in [-0.39, 0.29) is 0 Å². The standard InChI is InChI=1S/C18H30N2O/c1-4-16-8-9-20(14-16)10-11-21-18-7-5-6-17(12-18)13-19-15(2)3/h5-7,12,15-16,19H,4,8-11,13-14H2,1-3H3. The van der Waals surface area contributed by atoms with E-state index in [1.54, 1.807) is 0 Å². The molecule has 1 aliphatic heterocycles. The van der Waals surface area contributed by atoms with Crippen molar-refractivity contribution in [3.8, 4) is 5.75 Å². The minimum absolute atomic E-state index is 0.510. The fourth-order valence-electron chi connectivity index (χ4n) is 2.81. The Bertz CT molecular complexity index is 419. The average molecular weight is 290 g/mol. The number of rotatable bonds is 8. The highest BCUT2D eigenvalue weighted by molar-refractivity contribution is 5.28. The molecule has 0 aliphatic carbocycles. The first kappa shape index (κ1) is 16.3. The molecule has 1 heterocycles. The van der Waals surface area contributed by atoms with Gasteiger partial charge in [0.25, 0.3) is 0 Å². The summed E-state index contributed by atoms with van der Waals surface area (Å²) in [7, 11) is 0. The van der Waals surface area contributed by atoms with E-state index in [4.69, 9.17) is 4.74 Å². The summed E-state index contributed by atoms with van der Waals surface area (Å²) in [5.41, 5.74) is 1.29. The average Bonchev–Trinajstić information content (AvgIpc) is 2.94. The van der Waals surface area contributed by atoms with Gasteiger partial charge in [-0.3, -0.25) is 4.90 Å². The largest absolute Gasteiger partial charge is 0.492 e. The van der Waals surface area contributed by atoms with E-state index in [0.29, 0.717) is 6.04 Å². The molecule has 0 aromatic heterocycles. The van der Waals surface area contributed by atoms with Gasteiger partial charge < -0.3 is 10.1 Å². The lowest BCUT2D eigenvalue weighted by Gasteiger charge is -2.16. The van der Waals surface area contributed by atoms with Crippen LogP contribution < -0.4 is 10.1 Å². The first-order chi connectivity index (χ1) is 10.2. The van der Waals surface area contributed by atoms with E-state index >= 15 is 0 Å². The van der Waals surface area contributed by atoms with Crippen LogP contribution >= 0.6 is 0 Å². The van der Waals surface area contributed by atoms with Crippen LogP contribution in [-0.2, 0) is 6.54 Å². The van der Waals surface area contributed by atoms with Crippen molar-refractivity contribution in [2.75, 3.05) is 26.2 Å². The summed E-state index contributed by atoms with van der Waals surface area (Å²) in [6, 6.07) is 8.94. The molecular weight excluding hydrogens is 260 g/mol. The molecule has 3 heteroatoms. The highest BCUT2D eigenvalue weighted by Crippen LogP contribution is 2.19. The number of ether oxygens (including phenoxy) is 1. The van der Waals surface area contributed by atoms with Crippen molar-refractivity contribution in [3.63, 3.8) is 0 Å². The molecule has 0 radical (unpaired) electrons. The second kappa shape index (κ2) is 8.40. The molecule has 1 unspecified atom stereocenters. The molecule has 21 heavy (non-hydrogen) atoms. The molecule has 0 saturated carbocycles. The maximum atomic E-state index is 5.91. The lowest BCUT2D eigenvalue weighted by Crippen LogP contribution is -2.26. The minimum atomic E-state index is 0.510. The lowest BCUT2D eigenvalue weighted by atomic mass is 10.1. The molecule has 1 fully saturated rings. The van der Waals surface area contributed by atoms with Crippen molar-refractivity contribution < 1.29 is 4.74 Å². The van der Waals surface area contributed by atoms with Gasteiger partial charge in [0.05, 0.1) is 0 Å². The maximum Gasteiger partial charge on any atom is 0.119 e. The van der Waals surface area contributed by atoms with Crippen LogP contribution in [0.25, 0.3) is 0 Å². The van der Waals surface area contributed by atoms with Gasteiger partial charge >= 0.3 is 0 Å². The molecule has 1 aromatic rings. The Balaban J connectivity index is 1.72. The Labute approximate surface area is 129 Å². The van der Waals surface area contributed by atoms with Gasteiger partial charge in [0.15, 0.2) is 0 Å². The first-order valence-electron chi connectivity index (χ1n) is 8.35. The van der Waals surface area contributed by atoms with Gasteiger partial charge in [-0.25, -0.2) is 0 Å². The smallest absolute Gasteiger partial charge is 0.119 e. The third-order valence-electron chi connectivity index (χ3n) is 4.24. The highest BCUT2D eigenvalue weighted by Gasteiger charge is 2.20. The second-order valence-corrected chi connectivity index (χ2v) is 6.40. The summed E-state index contributed by atoms with van der Waals surface area (Å²) >= 11 is 0. The number of hydrogen-bond acceptors (Lipinski definition) is 3. The predicted octanol–water partition coefficient (Wildman–Crippen LogP) is 3.30. The number of hydrogen-bond donors (Lipinski definition) is 1. The van der Waals surface area contributed by atoms with Crippen LogP contribution in [0.5, 0.6) is 5.75 Å². The van der Waals surface area contributed by atoms with E-state index in [1.165, 1.54) is 31.5 Å². The van der Waals surface area contributed by atoms with Crippen LogP contribution in [0.1, 0.15) is 39.2 Å². The van der Waals surface area contributed by atoms with Gasteiger partial charge in [0.2, 0.25) is 0 Å². The molecule has 118 valence electrons. The topological polar surface area (TPSA) is 24.5 Å². The number of benzene rings is 1. The quantitative estimate of drug-likeness (QED) is 0.795. The summed E-state index contributed by atoms with van der Waals surface area (Å²) in [6.45, 7) is 11.8. The van der Waals surface area contributed by atoms with Crippen molar-refractivity contribution >= 4 is 0 Å². The molecule has 1 aromatic carbocycles. The summed E-state index contributed by atoms with van der Waals surface area (Å²) in [6.07, 6.45) is 2.66. The van der Waals surface area contributed by atoms with Gasteiger partial charge in [-0.05, 0) is 36.6 Å². The van der Waals surface area contributed by atoms with E-state index < -0.39 is 0 Å². The van der Waals surface area contributed by atoms with Crippen LogP contribution in [0.15, 0.2) is 24.3 Å². The Morgan fingerprint density at radius 2 is 2.24 bits per heavy atom. The van der Waals surface area contributed by atoms with Crippen molar-refractivity contribution in [3.05, 3.63) is 29.8 Å². The Morgan fingerprint density at radius 3 is 2.95 bits per heavy atom. The zero-order valence-electron chi connectivity index (χ0n) is 13.8. The van der Waals surface area contributed by atoms with E-state index in [9.17, 15) is 0 Å². The van der Waals surface area contributed by atoms with E-state index in [0.717, 1.165) is 31.4 Å². The van der Waals surface area contributed by atoms with Crippen LogP contribution in [0, 0.1) is 5.92 Å². The van der Waals surface area contributed by atoms with Crippen molar-refractivity contribution in [2.45, 2.75) is 46.2 Å². The first-order valence-corrected chi connectivity index (χ1v) is 8.35. The number of nitrogens with one attached hydrogen (secondary N) is 1. The third kappa shape index (κ3) is 5.68. The predicted molar refractivity (Wildman–Crippen MR) is 88.8 cm³/mol. The Kier molecular flexibility index (Phi) is 6.52. The molecule has 1 aliphatic rings. The maximum absolute atomic E-state index is 5.91. The molecule has 1 atom stereocenters. The van der Waals surface area contributed by atoms with Crippen molar-refractivity contribution in [1.82, 2.24) is 10.2 Å². The van der Waals surface area contributed by atoms with Crippen molar-refractivity contribution in [1.29, 1.82) is 0 Å². The fraction of sp³-hybridized carbons (Fsp3) is 0.667. The molecular formula is C18H30N2O. The van der Waals surface area contributed by atoms with E-state index in [2.05, 4.69) is 55.3 Å². The molecule has 1 saturated heterocycles. The number of nitrogens with zero attached hydrogens (tertiary/aromatic N) is 1. The van der Waals surface area contributed by atoms with Gasteiger partial charge in [0.1, 0.15) is 12.4 Å². The highest BCUT2D eigenvalue weighted by atomic mass is 16.5. The molecule has 0 bridgehead atoms. The number of likely N-dealkylation sites (tertiary alicyclic amines) is 1. The van der Waals surface area contributed by atoms with Crippen LogP contribution in [-0.4, -0.2) is 37.2 Å². The van der Waals surface area contributed by atoms with Crippen LogP contribution in [0.2, 0.25) is 0 Å². The fourth-order valence-corrected chi connectivity index (χ4v) is 2.81. The molecule has 0 spiro atoms. The van der Waals surface area contributed by atoms with E-state index in [1.807, 2.05) is 0 Å². The van der Waals surface area contributed by atoms with Crippen LogP contribution in [0.4, 0.5) is 0 Å². The SMILES string of the molecule is CCC1CCN(CCOc2cccc(CNC(C)C)c2)C1. The summed E-state index contributed by atoms with van der Waals surface area (Å²) in [5, 5.41) is 3.44. The van der Waals surface area contributed by atoms with Gasteiger partial charge in [-0.2, -0.15) is 0 Å². The summed E-state index contributed by atoms with van der Waals surface area (Å²) in [4.78, 5) is 2.53. The van der Waals surface area contributed by atoms with Crippen LogP contribution in [0.3, 0.4) is 0 Å². The van der Waals surface area contributed by atoms with Gasteiger partial charge in [-0.15, -0.1) is 0 Å². The summed E-state index contributed by atoms with van der Waals surface area (Å²) in [5.74, 6) is 1.89. The minimum Gasteiger partial charge on any atom is -0.492 e. The monoisotopic (exact) mass is 290 g/mol. The van der Waals surface area contributed by atoms with Crippen molar-refractivity contribution in [2.24, 2.45) is 5.92 Å². The third-order valence-corrected chi connectivity index (χ3v) is 4.24. The van der Waals surface area contributed by atoms with Gasteiger partial charge in [-0.1, -0.05) is 39.3 Å². The zero-order valence-corrected chi connectivity index (χ0v) is 13.8.